The molecule has 3 amide bonds. The summed E-state index contributed by atoms with van der Waals surface area (Å²) >= 11 is 0. The van der Waals surface area contributed by atoms with Gasteiger partial charge in [-0.2, -0.15) is 0 Å². The van der Waals surface area contributed by atoms with Gasteiger partial charge in [0.05, 0.1) is 31.6 Å². The third-order valence-corrected chi connectivity index (χ3v) is 7.12. The summed E-state index contributed by atoms with van der Waals surface area (Å²) in [5.74, 6) is 5.25. The number of urea groups is 1. The maximum absolute atomic E-state index is 13.5. The Kier molecular flexibility index (Phi) is 7.01. The Balaban J connectivity index is 1.68. The molecule has 0 spiro atoms. The van der Waals surface area contributed by atoms with E-state index in [9.17, 15) is 19.2 Å². The second kappa shape index (κ2) is 9.39. The molecule has 0 saturated heterocycles. The van der Waals surface area contributed by atoms with Gasteiger partial charge in [0.1, 0.15) is 6.04 Å². The van der Waals surface area contributed by atoms with Crippen LogP contribution in [-0.2, 0) is 23.9 Å². The van der Waals surface area contributed by atoms with Gasteiger partial charge in [0, 0.05) is 20.5 Å². The van der Waals surface area contributed by atoms with Gasteiger partial charge in [-0.05, 0) is 50.4 Å². The number of nitrogens with one attached hydrogen (secondary N) is 2. The van der Waals surface area contributed by atoms with Crippen molar-refractivity contribution in [1.29, 1.82) is 0 Å². The molecular formula is C23H33N3O6. The quantitative estimate of drug-likeness (QED) is 0.465. The molecule has 3 atom stereocenters. The fourth-order valence-corrected chi connectivity index (χ4v) is 6.15. The number of hydrogen-bond donors (Lipinski definition) is 2. The molecule has 3 unspecified atom stereocenters. The van der Waals surface area contributed by atoms with E-state index in [4.69, 9.17) is 9.47 Å². The first-order chi connectivity index (χ1) is 15.1. The van der Waals surface area contributed by atoms with Crippen molar-refractivity contribution in [3.8, 4) is 11.8 Å². The highest BCUT2D eigenvalue weighted by Crippen LogP contribution is 2.65. The van der Waals surface area contributed by atoms with Crippen LogP contribution < -0.4 is 10.6 Å². The lowest BCUT2D eigenvalue weighted by Gasteiger charge is -2.59. The van der Waals surface area contributed by atoms with Crippen LogP contribution in [0.25, 0.3) is 0 Å². The highest BCUT2D eigenvalue weighted by molar-refractivity contribution is 5.90. The van der Waals surface area contributed by atoms with Gasteiger partial charge in [-0.15, -0.1) is 0 Å². The van der Waals surface area contributed by atoms with E-state index in [1.54, 1.807) is 14.1 Å². The fourth-order valence-electron chi connectivity index (χ4n) is 6.15. The molecular weight excluding hydrogens is 414 g/mol. The summed E-state index contributed by atoms with van der Waals surface area (Å²) in [6.07, 6.45) is 4.57. The number of carbonyl (C=O) groups is 4. The van der Waals surface area contributed by atoms with Crippen molar-refractivity contribution >= 4 is 23.9 Å². The molecule has 4 saturated carbocycles. The Bertz CT molecular complexity index is 828. The van der Waals surface area contributed by atoms with Gasteiger partial charge in [0.2, 0.25) is 5.91 Å². The summed E-state index contributed by atoms with van der Waals surface area (Å²) in [6.45, 7) is 0.133. The molecule has 0 aromatic carbocycles. The average Bonchev–Trinajstić information content (AvgIpc) is 2.75. The van der Waals surface area contributed by atoms with Crippen LogP contribution in [0.1, 0.15) is 44.9 Å². The highest BCUT2D eigenvalue weighted by atomic mass is 16.5. The Labute approximate surface area is 188 Å². The van der Waals surface area contributed by atoms with Crippen LogP contribution in [-0.4, -0.2) is 69.7 Å². The molecule has 4 aliphatic rings. The largest absolute Gasteiger partial charge is 0.469 e. The standard InChI is InChI=1S/C23H33N3O6/c1-26(2)21(30)24-8-6-5-7-17(18(27)31-3)25-19(28)22-10-15-9-16(11-22)13-23(12-15,14-22)20(29)32-4/h15-17H,7-14H2,1-4H3,(H,24,30)(H,25,28). The zero-order valence-electron chi connectivity index (χ0n) is 19.3. The van der Waals surface area contributed by atoms with Gasteiger partial charge in [0.15, 0.2) is 0 Å². The minimum atomic E-state index is -0.911. The third kappa shape index (κ3) is 4.69. The molecule has 4 rings (SSSR count). The first-order valence-corrected chi connectivity index (χ1v) is 11.0. The Morgan fingerprint density at radius 2 is 1.62 bits per heavy atom. The molecule has 0 aliphatic heterocycles. The number of carbonyl (C=O) groups excluding carboxylic acids is 4. The lowest BCUT2D eigenvalue weighted by atomic mass is 9.44. The van der Waals surface area contributed by atoms with Crippen LogP contribution >= 0.6 is 0 Å². The Morgan fingerprint density at radius 3 is 2.19 bits per heavy atom. The number of hydrogen-bond acceptors (Lipinski definition) is 6. The molecule has 4 bridgehead atoms. The van der Waals surface area contributed by atoms with Crippen molar-refractivity contribution < 1.29 is 28.7 Å². The average molecular weight is 448 g/mol. The van der Waals surface area contributed by atoms with Crippen molar-refractivity contribution in [2.45, 2.75) is 51.0 Å². The summed E-state index contributed by atoms with van der Waals surface area (Å²) in [5.41, 5.74) is -1.26. The van der Waals surface area contributed by atoms with E-state index in [1.807, 2.05) is 0 Å². The Hall–Kier alpha value is -2.76. The van der Waals surface area contributed by atoms with Gasteiger partial charge < -0.3 is 25.0 Å². The van der Waals surface area contributed by atoms with Gasteiger partial charge in [-0.25, -0.2) is 9.59 Å². The minimum absolute atomic E-state index is 0.0708. The van der Waals surface area contributed by atoms with Crippen LogP contribution in [0, 0.1) is 34.5 Å². The molecule has 32 heavy (non-hydrogen) atoms. The smallest absolute Gasteiger partial charge is 0.329 e. The molecule has 176 valence electrons. The van der Waals surface area contributed by atoms with Crippen LogP contribution in [0.3, 0.4) is 0 Å². The molecule has 4 fully saturated rings. The topological polar surface area (TPSA) is 114 Å². The van der Waals surface area contributed by atoms with Gasteiger partial charge in [-0.3, -0.25) is 9.59 Å². The van der Waals surface area contributed by atoms with Gasteiger partial charge in [0.25, 0.3) is 0 Å². The zero-order chi connectivity index (χ0) is 23.5. The van der Waals surface area contributed by atoms with Crippen molar-refractivity contribution in [2.24, 2.45) is 22.7 Å². The minimum Gasteiger partial charge on any atom is -0.469 e. The normalized spacial score (nSPS) is 30.4. The van der Waals surface area contributed by atoms with E-state index in [2.05, 4.69) is 22.5 Å². The molecule has 2 N–H and O–H groups in total. The maximum atomic E-state index is 13.5. The summed E-state index contributed by atoms with van der Waals surface area (Å²) in [5, 5.41) is 5.47. The summed E-state index contributed by atoms with van der Waals surface area (Å²) < 4.78 is 9.97. The summed E-state index contributed by atoms with van der Waals surface area (Å²) in [6, 6.07) is -1.18. The molecule has 9 heteroatoms. The van der Waals surface area contributed by atoms with E-state index in [0.29, 0.717) is 18.3 Å². The van der Waals surface area contributed by atoms with Crippen LogP contribution in [0.2, 0.25) is 0 Å². The van der Waals surface area contributed by atoms with Crippen molar-refractivity contribution in [1.82, 2.24) is 15.5 Å². The van der Waals surface area contributed by atoms with Crippen molar-refractivity contribution in [3.05, 3.63) is 0 Å². The molecule has 9 nitrogen and oxygen atoms in total. The van der Waals surface area contributed by atoms with Gasteiger partial charge in [-0.1, -0.05) is 11.8 Å². The number of rotatable bonds is 6. The molecule has 0 aromatic heterocycles. The van der Waals surface area contributed by atoms with E-state index >= 15 is 0 Å². The summed E-state index contributed by atoms with van der Waals surface area (Å²) in [4.78, 5) is 51.3. The van der Waals surface area contributed by atoms with Crippen molar-refractivity contribution in [3.63, 3.8) is 0 Å². The predicted octanol–water partition coefficient (Wildman–Crippen LogP) is 1.07. The molecule has 4 aliphatic carbocycles. The highest BCUT2D eigenvalue weighted by Gasteiger charge is 2.63. The van der Waals surface area contributed by atoms with E-state index in [0.717, 1.165) is 32.1 Å². The van der Waals surface area contributed by atoms with Crippen LogP contribution in [0.15, 0.2) is 0 Å². The summed E-state index contributed by atoms with van der Waals surface area (Å²) in [7, 11) is 5.92. The SMILES string of the molecule is COC(=O)C(CC#CCNC(=O)N(C)C)NC(=O)C12CC3CC(C1)CC(C(=O)OC)(C3)C2. The second-order valence-electron chi connectivity index (χ2n) is 9.67. The zero-order valence-corrected chi connectivity index (χ0v) is 19.3. The number of amides is 3. The molecule has 0 heterocycles. The molecule has 0 radical (unpaired) electrons. The van der Waals surface area contributed by atoms with E-state index in [1.165, 1.54) is 19.1 Å². The van der Waals surface area contributed by atoms with Gasteiger partial charge >= 0.3 is 18.0 Å². The first kappa shape index (κ1) is 23.9. The fraction of sp³-hybridized carbons (Fsp3) is 0.739. The van der Waals surface area contributed by atoms with Crippen molar-refractivity contribution in [2.75, 3.05) is 34.9 Å². The lowest BCUT2D eigenvalue weighted by Crippen LogP contribution is -2.61. The first-order valence-electron chi connectivity index (χ1n) is 11.0. The monoisotopic (exact) mass is 447 g/mol. The number of methoxy groups -OCH3 is 2. The number of esters is 2. The maximum Gasteiger partial charge on any atom is 0.329 e. The number of nitrogens with zero attached hydrogens (tertiary/aromatic N) is 1. The van der Waals surface area contributed by atoms with E-state index in [-0.39, 0.29) is 30.9 Å². The molecule has 0 aromatic rings. The van der Waals surface area contributed by atoms with E-state index < -0.39 is 22.8 Å². The lowest BCUT2D eigenvalue weighted by molar-refractivity contribution is -0.182. The van der Waals surface area contributed by atoms with Crippen LogP contribution in [0.5, 0.6) is 0 Å². The second-order valence-corrected chi connectivity index (χ2v) is 9.67. The van der Waals surface area contributed by atoms with Crippen LogP contribution in [0.4, 0.5) is 4.79 Å². The predicted molar refractivity (Wildman–Crippen MR) is 115 cm³/mol. The number of ether oxygens (including phenoxy) is 2. The Morgan fingerprint density at radius 1 is 1.00 bits per heavy atom. The third-order valence-electron chi connectivity index (χ3n) is 7.12.